The van der Waals surface area contributed by atoms with Crippen LogP contribution < -0.4 is 10.0 Å². The summed E-state index contributed by atoms with van der Waals surface area (Å²) in [5.41, 5.74) is 0.114. The first-order chi connectivity index (χ1) is 11.3. The molecule has 0 fully saturated rings. The van der Waals surface area contributed by atoms with Crippen molar-refractivity contribution in [2.24, 2.45) is 0 Å². The summed E-state index contributed by atoms with van der Waals surface area (Å²) in [5.74, 6) is 0. The third-order valence-electron chi connectivity index (χ3n) is 3.09. The zero-order valence-corrected chi connectivity index (χ0v) is 13.7. The molecular weight excluding hydrogens is 334 g/mol. The second-order valence-corrected chi connectivity index (χ2v) is 6.82. The van der Waals surface area contributed by atoms with E-state index in [1.54, 1.807) is 30.3 Å². The van der Waals surface area contributed by atoms with E-state index in [4.69, 9.17) is 0 Å². The molecule has 0 radical (unpaired) electrons. The molecule has 0 bridgehead atoms. The Morgan fingerprint density at radius 1 is 1.21 bits per heavy atom. The lowest BCUT2D eigenvalue weighted by molar-refractivity contribution is -0.384. The number of para-hydroxylation sites is 1. The highest BCUT2D eigenvalue weighted by Crippen LogP contribution is 2.28. The van der Waals surface area contributed by atoms with Crippen LogP contribution >= 0.6 is 0 Å². The van der Waals surface area contributed by atoms with Gasteiger partial charge in [0.2, 0.25) is 0 Å². The van der Waals surface area contributed by atoms with Crippen LogP contribution in [0, 0.1) is 10.1 Å². The smallest absolute Gasteiger partial charge is 0.293 e. The molecule has 2 aromatic carbocycles. The Labute approximate surface area is 139 Å². The topological polar surface area (TPSA) is 122 Å². The van der Waals surface area contributed by atoms with Crippen molar-refractivity contribution in [2.75, 3.05) is 16.6 Å². The molecule has 0 aliphatic carbocycles. The van der Waals surface area contributed by atoms with Gasteiger partial charge in [-0.15, -0.1) is 0 Å². The number of nitrogens with one attached hydrogen (secondary N) is 2. The third kappa shape index (κ3) is 4.43. The first-order valence-electron chi connectivity index (χ1n) is 7.08. The number of sulfonamides is 1. The standard InChI is InChI=1S/C15H17N3O5S/c1-11(19)10-16-14-8-7-13(9-15(14)18(20)21)24(22,23)17-12-5-3-2-4-6-12/h2-9,11,16-17,19H,10H2,1H3/t11-/m1/s1. The van der Waals surface area contributed by atoms with Gasteiger partial charge >= 0.3 is 0 Å². The minimum atomic E-state index is -3.95. The predicted octanol–water partition coefficient (Wildman–Crippen LogP) is 2.19. The van der Waals surface area contributed by atoms with Crippen molar-refractivity contribution in [3.05, 3.63) is 58.6 Å². The molecular formula is C15H17N3O5S. The summed E-state index contributed by atoms with van der Waals surface area (Å²) in [5, 5.41) is 23.2. The fourth-order valence-corrected chi connectivity index (χ4v) is 3.04. The van der Waals surface area contributed by atoms with Gasteiger partial charge in [-0.3, -0.25) is 14.8 Å². The fraction of sp³-hybridized carbons (Fsp3) is 0.200. The number of rotatable bonds is 7. The van der Waals surface area contributed by atoms with Crippen LogP contribution in [0.2, 0.25) is 0 Å². The van der Waals surface area contributed by atoms with Gasteiger partial charge < -0.3 is 10.4 Å². The van der Waals surface area contributed by atoms with E-state index in [0.29, 0.717) is 5.69 Å². The first-order valence-corrected chi connectivity index (χ1v) is 8.56. The zero-order valence-electron chi connectivity index (χ0n) is 12.8. The second kappa shape index (κ2) is 7.28. The molecule has 0 aliphatic heterocycles. The van der Waals surface area contributed by atoms with E-state index in [-0.39, 0.29) is 22.8 Å². The summed E-state index contributed by atoms with van der Waals surface area (Å²) in [6.07, 6.45) is -0.701. The van der Waals surface area contributed by atoms with Crippen LogP contribution in [0.15, 0.2) is 53.4 Å². The van der Waals surface area contributed by atoms with Gasteiger partial charge in [-0.2, -0.15) is 0 Å². The van der Waals surface area contributed by atoms with Crippen molar-refractivity contribution >= 4 is 27.1 Å². The van der Waals surface area contributed by atoms with E-state index in [2.05, 4.69) is 10.0 Å². The Morgan fingerprint density at radius 2 is 1.88 bits per heavy atom. The van der Waals surface area contributed by atoms with Crippen molar-refractivity contribution in [1.29, 1.82) is 0 Å². The normalized spacial score (nSPS) is 12.4. The first kappa shape index (κ1) is 17.7. The number of hydrogen-bond donors (Lipinski definition) is 3. The largest absolute Gasteiger partial charge is 0.392 e. The Kier molecular flexibility index (Phi) is 5.37. The maximum absolute atomic E-state index is 12.4. The lowest BCUT2D eigenvalue weighted by atomic mass is 10.2. The van der Waals surface area contributed by atoms with Crippen LogP contribution in [-0.2, 0) is 10.0 Å². The van der Waals surface area contributed by atoms with E-state index >= 15 is 0 Å². The van der Waals surface area contributed by atoms with Crippen LogP contribution in [0.25, 0.3) is 0 Å². The summed E-state index contributed by atoms with van der Waals surface area (Å²) < 4.78 is 27.1. The molecule has 0 aliphatic rings. The number of anilines is 2. The molecule has 0 saturated heterocycles. The van der Waals surface area contributed by atoms with E-state index in [1.807, 2.05) is 0 Å². The summed E-state index contributed by atoms with van der Waals surface area (Å²) in [4.78, 5) is 10.3. The Morgan fingerprint density at radius 3 is 2.46 bits per heavy atom. The highest BCUT2D eigenvalue weighted by atomic mass is 32.2. The SMILES string of the molecule is C[C@@H](O)CNc1ccc(S(=O)(=O)Nc2ccccc2)cc1[N+](=O)[O-]. The van der Waals surface area contributed by atoms with Gasteiger partial charge in [0.1, 0.15) is 5.69 Å². The number of aliphatic hydroxyl groups excluding tert-OH is 1. The molecule has 0 saturated carbocycles. The third-order valence-corrected chi connectivity index (χ3v) is 4.47. The number of aliphatic hydroxyl groups is 1. The number of nitrogens with zero attached hydrogens (tertiary/aromatic N) is 1. The van der Waals surface area contributed by atoms with Crippen molar-refractivity contribution in [3.63, 3.8) is 0 Å². The monoisotopic (exact) mass is 351 g/mol. The highest BCUT2D eigenvalue weighted by Gasteiger charge is 2.21. The summed E-state index contributed by atoms with van der Waals surface area (Å²) in [7, 11) is -3.95. The van der Waals surface area contributed by atoms with Gasteiger partial charge in [0.15, 0.2) is 0 Å². The molecule has 3 N–H and O–H groups in total. The Balaban J connectivity index is 2.33. The van der Waals surface area contributed by atoms with Gasteiger partial charge in [-0.05, 0) is 31.2 Å². The Bertz CT molecular complexity index is 822. The number of nitro benzene ring substituents is 1. The molecule has 0 heterocycles. The number of hydrogen-bond acceptors (Lipinski definition) is 6. The second-order valence-electron chi connectivity index (χ2n) is 5.14. The summed E-state index contributed by atoms with van der Waals surface area (Å²) in [6.45, 7) is 1.64. The number of benzene rings is 2. The van der Waals surface area contributed by atoms with E-state index in [1.165, 1.54) is 19.1 Å². The van der Waals surface area contributed by atoms with Crippen LogP contribution in [0.4, 0.5) is 17.1 Å². The average molecular weight is 351 g/mol. The lowest BCUT2D eigenvalue weighted by Gasteiger charge is -2.11. The van der Waals surface area contributed by atoms with Gasteiger partial charge in [-0.1, -0.05) is 18.2 Å². The lowest BCUT2D eigenvalue weighted by Crippen LogP contribution is -2.17. The van der Waals surface area contributed by atoms with Crippen molar-refractivity contribution in [3.8, 4) is 0 Å². The molecule has 0 spiro atoms. The van der Waals surface area contributed by atoms with Gasteiger partial charge in [-0.25, -0.2) is 8.42 Å². The van der Waals surface area contributed by atoms with E-state index in [0.717, 1.165) is 6.07 Å². The highest BCUT2D eigenvalue weighted by molar-refractivity contribution is 7.92. The maximum atomic E-state index is 12.4. The summed E-state index contributed by atoms with van der Waals surface area (Å²) in [6, 6.07) is 11.8. The van der Waals surface area contributed by atoms with Crippen LogP contribution in [0.5, 0.6) is 0 Å². The fourth-order valence-electron chi connectivity index (χ4n) is 1.96. The zero-order chi connectivity index (χ0) is 17.7. The minimum absolute atomic E-state index is 0.106. The molecule has 24 heavy (non-hydrogen) atoms. The molecule has 128 valence electrons. The van der Waals surface area contributed by atoms with Gasteiger partial charge in [0.25, 0.3) is 15.7 Å². The summed E-state index contributed by atoms with van der Waals surface area (Å²) >= 11 is 0. The molecule has 0 unspecified atom stereocenters. The van der Waals surface area contributed by atoms with Gasteiger partial charge in [0, 0.05) is 18.3 Å². The minimum Gasteiger partial charge on any atom is -0.392 e. The quantitative estimate of drug-likeness (QED) is 0.519. The molecule has 2 aromatic rings. The average Bonchev–Trinajstić information content (AvgIpc) is 2.53. The number of nitro groups is 1. The molecule has 1 atom stereocenters. The molecule has 0 amide bonds. The van der Waals surface area contributed by atoms with Crippen molar-refractivity contribution < 1.29 is 18.4 Å². The predicted molar refractivity (Wildman–Crippen MR) is 90.5 cm³/mol. The van der Waals surface area contributed by atoms with Crippen molar-refractivity contribution in [2.45, 2.75) is 17.9 Å². The Hall–Kier alpha value is -2.65. The molecule has 2 rings (SSSR count). The van der Waals surface area contributed by atoms with E-state index in [9.17, 15) is 23.6 Å². The molecule has 0 aromatic heterocycles. The van der Waals surface area contributed by atoms with E-state index < -0.39 is 21.1 Å². The van der Waals surface area contributed by atoms with Crippen LogP contribution in [-0.4, -0.2) is 31.1 Å². The van der Waals surface area contributed by atoms with Gasteiger partial charge in [0.05, 0.1) is 15.9 Å². The molecule has 9 heteroatoms. The van der Waals surface area contributed by atoms with Crippen LogP contribution in [0.1, 0.15) is 6.92 Å². The van der Waals surface area contributed by atoms with Crippen molar-refractivity contribution in [1.82, 2.24) is 0 Å². The molecule has 8 nitrogen and oxygen atoms in total. The van der Waals surface area contributed by atoms with Crippen LogP contribution in [0.3, 0.4) is 0 Å². The maximum Gasteiger partial charge on any atom is 0.293 e.